The van der Waals surface area contributed by atoms with E-state index in [4.69, 9.17) is 0 Å². The number of carbonyl (C=O) groups excluding carboxylic acids is 1. The van der Waals surface area contributed by atoms with E-state index < -0.39 is 11.7 Å². The fraction of sp³-hybridized carbons (Fsp3) is 0.143. The van der Waals surface area contributed by atoms with Crippen LogP contribution in [0, 0.1) is 13.0 Å². The number of nitrogens with zero attached hydrogens (tertiary/aromatic N) is 3. The minimum Gasteiger partial charge on any atom is -0.654 e. The van der Waals surface area contributed by atoms with Crippen LogP contribution >= 0.6 is 0 Å². The van der Waals surface area contributed by atoms with Crippen molar-refractivity contribution in [3.05, 3.63) is 83.8 Å². The molecule has 0 amide bonds. The molecule has 0 saturated heterocycles. The number of para-hydroxylation sites is 1. The maximum Gasteiger partial charge on any atom is 0.370 e. The fourth-order valence-electron chi connectivity index (χ4n) is 2.71. The number of fused-ring (bicyclic) bond motifs is 1. The molecule has 0 atom stereocenters. The molecule has 4 aromatic rings. The number of hydrogen-bond donors (Lipinski definition) is 0. The Labute approximate surface area is 179 Å². The van der Waals surface area contributed by atoms with Gasteiger partial charge in [-0.25, -0.2) is 0 Å². The van der Waals surface area contributed by atoms with Crippen molar-refractivity contribution in [1.29, 1.82) is 0 Å². The summed E-state index contributed by atoms with van der Waals surface area (Å²) in [6.45, 7) is 3.49. The van der Waals surface area contributed by atoms with E-state index >= 15 is 0 Å². The minimum atomic E-state index is -4.32. The SMILES string of the molecule is CC(=O)c1[n-]c2ccccc2c1C.FC(F)(F)c1c[c-]c(-n2cccn2)cc1.[Ir]. The Morgan fingerprint density at radius 2 is 1.86 bits per heavy atom. The van der Waals surface area contributed by atoms with Crippen LogP contribution in [0.3, 0.4) is 0 Å². The summed E-state index contributed by atoms with van der Waals surface area (Å²) in [7, 11) is 0. The van der Waals surface area contributed by atoms with Crippen LogP contribution < -0.4 is 4.98 Å². The van der Waals surface area contributed by atoms with Crippen molar-refractivity contribution in [2.24, 2.45) is 0 Å². The van der Waals surface area contributed by atoms with Gasteiger partial charge >= 0.3 is 6.18 Å². The Hall–Kier alpha value is -2.70. The number of ketones is 1. The number of benzene rings is 2. The molecule has 1 radical (unpaired) electrons. The molecule has 0 aliphatic carbocycles. The van der Waals surface area contributed by atoms with Gasteiger partial charge < -0.3 is 4.98 Å². The van der Waals surface area contributed by atoms with Gasteiger partial charge in [-0.1, -0.05) is 41.1 Å². The van der Waals surface area contributed by atoms with Gasteiger partial charge in [-0.15, -0.1) is 11.6 Å². The molecule has 2 aromatic heterocycles. The molecule has 0 fully saturated rings. The van der Waals surface area contributed by atoms with Crippen LogP contribution in [-0.2, 0) is 26.3 Å². The molecule has 8 heteroatoms. The van der Waals surface area contributed by atoms with E-state index in [0.717, 1.165) is 28.6 Å². The van der Waals surface area contributed by atoms with Crippen LogP contribution in [0.15, 0.2) is 60.9 Å². The zero-order valence-corrected chi connectivity index (χ0v) is 17.9. The summed E-state index contributed by atoms with van der Waals surface area (Å²) in [5.74, 6) is 0.0358. The predicted octanol–water partition coefficient (Wildman–Crippen LogP) is 5.00. The number of aryl methyl sites for hydroxylation is 1. The second-order valence-corrected chi connectivity index (χ2v) is 6.07. The summed E-state index contributed by atoms with van der Waals surface area (Å²) in [5.41, 5.74) is 2.26. The van der Waals surface area contributed by atoms with Crippen LogP contribution in [0.1, 0.15) is 28.5 Å². The van der Waals surface area contributed by atoms with Crippen molar-refractivity contribution < 1.29 is 38.1 Å². The molecule has 29 heavy (non-hydrogen) atoms. The van der Waals surface area contributed by atoms with E-state index in [0.29, 0.717) is 11.4 Å². The molecule has 2 heterocycles. The van der Waals surface area contributed by atoms with Crippen LogP contribution in [0.5, 0.6) is 0 Å². The number of alkyl halides is 3. The van der Waals surface area contributed by atoms with Crippen molar-refractivity contribution >= 4 is 16.7 Å². The van der Waals surface area contributed by atoms with Gasteiger partial charge in [-0.05, 0) is 31.0 Å². The van der Waals surface area contributed by atoms with Crippen molar-refractivity contribution in [1.82, 2.24) is 14.8 Å². The average Bonchev–Trinajstić information content (AvgIpc) is 3.31. The first-order valence-corrected chi connectivity index (χ1v) is 8.39. The molecule has 4 rings (SSSR count). The van der Waals surface area contributed by atoms with Gasteiger partial charge in [0.05, 0.1) is 0 Å². The third-order valence-corrected chi connectivity index (χ3v) is 4.10. The second-order valence-electron chi connectivity index (χ2n) is 6.07. The van der Waals surface area contributed by atoms with Crippen molar-refractivity contribution in [2.75, 3.05) is 0 Å². The van der Waals surface area contributed by atoms with Gasteiger partial charge in [0.15, 0.2) is 0 Å². The summed E-state index contributed by atoms with van der Waals surface area (Å²) >= 11 is 0. The molecule has 0 aliphatic heterocycles. The molecule has 0 saturated carbocycles. The molecule has 0 bridgehead atoms. The van der Waals surface area contributed by atoms with Crippen molar-refractivity contribution in [3.8, 4) is 5.69 Å². The molecule has 0 unspecified atom stereocenters. The van der Waals surface area contributed by atoms with E-state index in [9.17, 15) is 18.0 Å². The fourth-order valence-corrected chi connectivity index (χ4v) is 2.71. The largest absolute Gasteiger partial charge is 0.654 e. The summed E-state index contributed by atoms with van der Waals surface area (Å²) in [6.07, 6.45) is -1.14. The summed E-state index contributed by atoms with van der Waals surface area (Å²) in [4.78, 5) is 15.4. The zero-order valence-electron chi connectivity index (χ0n) is 15.5. The van der Waals surface area contributed by atoms with Crippen molar-refractivity contribution in [3.63, 3.8) is 0 Å². The Morgan fingerprint density at radius 1 is 1.14 bits per heavy atom. The van der Waals surface area contributed by atoms with Crippen molar-refractivity contribution in [2.45, 2.75) is 20.0 Å². The van der Waals surface area contributed by atoms with Crippen LogP contribution in [0.2, 0.25) is 0 Å². The average molecular weight is 576 g/mol. The normalized spacial score (nSPS) is 10.8. The molecule has 2 aromatic carbocycles. The standard InChI is InChI=1S/C11H11NO.C10H6F3N2.Ir/c1-7-9-5-3-4-6-10(9)12-11(7)8(2)13;11-10(12,13)8-2-4-9(5-3-8)15-7-1-6-14-15;/h3-6H,1-2H3,(H,12,13);1-4,6-7H;/q;-1;/p-1. The molecular weight excluding hydrogens is 559 g/mol. The van der Waals surface area contributed by atoms with E-state index in [1.54, 1.807) is 25.4 Å². The minimum absolute atomic E-state index is 0. The molecular formula is C21H16F3IrN3O-2. The Balaban J connectivity index is 0.000000202. The van der Waals surface area contributed by atoms with E-state index in [1.807, 2.05) is 31.2 Å². The summed E-state index contributed by atoms with van der Waals surface area (Å²) in [6, 6.07) is 15.3. The topological polar surface area (TPSA) is 49.0 Å². The zero-order chi connectivity index (χ0) is 20.3. The maximum atomic E-state index is 12.2. The van der Waals surface area contributed by atoms with E-state index in [-0.39, 0.29) is 25.9 Å². The molecule has 0 spiro atoms. The smallest absolute Gasteiger partial charge is 0.370 e. The first-order chi connectivity index (χ1) is 13.3. The molecule has 0 N–H and O–H groups in total. The van der Waals surface area contributed by atoms with Gasteiger partial charge in [0.25, 0.3) is 0 Å². The number of Topliss-reactive ketones (excluding diaryl/α,β-unsaturated/α-hetero) is 1. The Kier molecular flexibility index (Phi) is 7.16. The quantitative estimate of drug-likeness (QED) is 0.250. The number of aromatic nitrogens is 3. The maximum absolute atomic E-state index is 12.2. The Morgan fingerprint density at radius 3 is 2.38 bits per heavy atom. The number of carbonyl (C=O) groups is 1. The molecule has 153 valence electrons. The number of rotatable bonds is 2. The van der Waals surface area contributed by atoms with Gasteiger partial charge in [0.2, 0.25) is 0 Å². The summed E-state index contributed by atoms with van der Waals surface area (Å²) < 4.78 is 38.1. The number of halogens is 3. The van der Waals surface area contributed by atoms with E-state index in [1.165, 1.54) is 10.7 Å². The first-order valence-electron chi connectivity index (χ1n) is 8.39. The third kappa shape index (κ3) is 5.22. The van der Waals surface area contributed by atoms with Crippen LogP contribution in [0.4, 0.5) is 13.2 Å². The van der Waals surface area contributed by atoms with Gasteiger partial charge in [0.1, 0.15) is 5.78 Å². The molecule has 4 nitrogen and oxygen atoms in total. The van der Waals surface area contributed by atoms with Gasteiger partial charge in [0, 0.05) is 32.5 Å². The van der Waals surface area contributed by atoms with Gasteiger partial charge in [-0.2, -0.15) is 36.5 Å². The number of hydrogen-bond acceptors (Lipinski definition) is 2. The first kappa shape index (κ1) is 22.6. The monoisotopic (exact) mass is 576 g/mol. The Bertz CT molecular complexity index is 1080. The molecule has 0 aliphatic rings. The van der Waals surface area contributed by atoms with E-state index in [2.05, 4.69) is 16.1 Å². The predicted molar refractivity (Wildman–Crippen MR) is 99.4 cm³/mol. The third-order valence-electron chi connectivity index (χ3n) is 4.10. The van der Waals surface area contributed by atoms with Crippen LogP contribution in [0.25, 0.3) is 16.6 Å². The second kappa shape index (κ2) is 9.20. The summed E-state index contributed by atoms with van der Waals surface area (Å²) in [5, 5.41) is 4.96. The van der Waals surface area contributed by atoms with Crippen LogP contribution in [-0.4, -0.2) is 15.6 Å². The van der Waals surface area contributed by atoms with Gasteiger partial charge in [-0.3, -0.25) is 9.48 Å².